The molecular formula is C13H23N5O2. The predicted molar refractivity (Wildman–Crippen MR) is 74.1 cm³/mol. The molecule has 1 aliphatic rings. The summed E-state index contributed by atoms with van der Waals surface area (Å²) in [6, 6.07) is 0. The number of nitrogens with zero attached hydrogens (tertiary/aromatic N) is 4. The highest BCUT2D eigenvalue weighted by Gasteiger charge is 2.18. The molecule has 7 heteroatoms. The van der Waals surface area contributed by atoms with Gasteiger partial charge >= 0.3 is 0 Å². The lowest BCUT2D eigenvalue weighted by Crippen LogP contribution is -2.49. The van der Waals surface area contributed by atoms with Crippen LogP contribution in [0.2, 0.25) is 0 Å². The molecule has 2 rings (SSSR count). The molecule has 0 unspecified atom stereocenters. The van der Waals surface area contributed by atoms with E-state index in [0.29, 0.717) is 24.8 Å². The highest BCUT2D eigenvalue weighted by Crippen LogP contribution is 2.03. The largest absolute Gasteiger partial charge is 0.339 e. The second kappa shape index (κ2) is 7.35. The number of piperazine rings is 1. The highest BCUT2D eigenvalue weighted by atomic mass is 16.5. The minimum Gasteiger partial charge on any atom is -0.339 e. The first-order valence-electron chi connectivity index (χ1n) is 7.17. The van der Waals surface area contributed by atoms with E-state index in [0.717, 1.165) is 39.0 Å². The SMILES string of the molecule is CCCc1nc(CN(C)CC(=O)N2CCNCC2)no1. The third-order valence-electron chi connectivity index (χ3n) is 3.26. The van der Waals surface area contributed by atoms with Crippen LogP contribution in [0.15, 0.2) is 4.52 Å². The lowest BCUT2D eigenvalue weighted by Gasteiger charge is -2.29. The number of hydrogen-bond donors (Lipinski definition) is 1. The molecule has 0 bridgehead atoms. The Labute approximate surface area is 119 Å². The van der Waals surface area contributed by atoms with E-state index in [2.05, 4.69) is 22.4 Å². The predicted octanol–water partition coefficient (Wildman–Crippen LogP) is -0.114. The number of carbonyl (C=O) groups excluding carboxylic acids is 1. The van der Waals surface area contributed by atoms with Crippen molar-refractivity contribution in [1.29, 1.82) is 0 Å². The van der Waals surface area contributed by atoms with Gasteiger partial charge in [-0.3, -0.25) is 9.69 Å². The van der Waals surface area contributed by atoms with Gasteiger partial charge in [-0.2, -0.15) is 4.98 Å². The van der Waals surface area contributed by atoms with E-state index < -0.39 is 0 Å². The van der Waals surface area contributed by atoms with Crippen LogP contribution in [-0.2, 0) is 17.8 Å². The summed E-state index contributed by atoms with van der Waals surface area (Å²) in [6.07, 6.45) is 1.79. The fourth-order valence-electron chi connectivity index (χ4n) is 2.21. The van der Waals surface area contributed by atoms with Crippen LogP contribution < -0.4 is 5.32 Å². The Morgan fingerprint density at radius 3 is 2.90 bits per heavy atom. The number of aryl methyl sites for hydroxylation is 1. The van der Waals surface area contributed by atoms with Gasteiger partial charge in [0.1, 0.15) is 0 Å². The van der Waals surface area contributed by atoms with Gasteiger partial charge in [0, 0.05) is 32.6 Å². The van der Waals surface area contributed by atoms with E-state index in [4.69, 9.17) is 4.52 Å². The molecule has 112 valence electrons. The number of likely N-dealkylation sites (N-methyl/N-ethyl adjacent to an activating group) is 1. The summed E-state index contributed by atoms with van der Waals surface area (Å²) < 4.78 is 5.14. The van der Waals surface area contributed by atoms with Gasteiger partial charge in [0.05, 0.1) is 13.1 Å². The Kier molecular flexibility index (Phi) is 5.49. The monoisotopic (exact) mass is 281 g/mol. The maximum absolute atomic E-state index is 12.1. The molecule has 1 aliphatic heterocycles. The molecule has 1 N–H and O–H groups in total. The van der Waals surface area contributed by atoms with Crippen molar-refractivity contribution >= 4 is 5.91 Å². The molecule has 2 heterocycles. The molecule has 0 saturated carbocycles. The van der Waals surface area contributed by atoms with Gasteiger partial charge in [0.15, 0.2) is 5.82 Å². The fourth-order valence-corrected chi connectivity index (χ4v) is 2.21. The number of hydrogen-bond acceptors (Lipinski definition) is 6. The molecule has 0 atom stereocenters. The van der Waals surface area contributed by atoms with Gasteiger partial charge in [0.25, 0.3) is 0 Å². The van der Waals surface area contributed by atoms with Crippen LogP contribution in [0.1, 0.15) is 25.1 Å². The first-order chi connectivity index (χ1) is 9.69. The topological polar surface area (TPSA) is 74.5 Å². The molecule has 0 radical (unpaired) electrons. The van der Waals surface area contributed by atoms with Crippen molar-refractivity contribution in [2.45, 2.75) is 26.3 Å². The Morgan fingerprint density at radius 2 is 2.20 bits per heavy atom. The average Bonchev–Trinajstić information content (AvgIpc) is 2.87. The van der Waals surface area contributed by atoms with Crippen LogP contribution in [0.3, 0.4) is 0 Å². The molecular weight excluding hydrogens is 258 g/mol. The number of amides is 1. The Morgan fingerprint density at radius 1 is 1.45 bits per heavy atom. The zero-order valence-corrected chi connectivity index (χ0v) is 12.3. The van der Waals surface area contributed by atoms with Crippen molar-refractivity contribution in [3.63, 3.8) is 0 Å². The summed E-state index contributed by atoms with van der Waals surface area (Å²) >= 11 is 0. The number of rotatable bonds is 6. The maximum atomic E-state index is 12.1. The standard InChI is InChI=1S/C13H23N5O2/c1-3-4-12-15-11(16-20-12)9-17(2)10-13(19)18-7-5-14-6-8-18/h14H,3-10H2,1-2H3. The van der Waals surface area contributed by atoms with E-state index >= 15 is 0 Å². The van der Waals surface area contributed by atoms with Crippen LogP contribution in [0.5, 0.6) is 0 Å². The Bertz CT molecular complexity index is 428. The van der Waals surface area contributed by atoms with Crippen molar-refractivity contribution in [3.05, 3.63) is 11.7 Å². The number of carbonyl (C=O) groups is 1. The van der Waals surface area contributed by atoms with Crippen molar-refractivity contribution in [1.82, 2.24) is 25.3 Å². The third kappa shape index (κ3) is 4.28. The van der Waals surface area contributed by atoms with Gasteiger partial charge in [0.2, 0.25) is 11.8 Å². The number of aromatic nitrogens is 2. The number of nitrogens with one attached hydrogen (secondary N) is 1. The molecule has 1 aromatic heterocycles. The Balaban J connectivity index is 1.78. The minimum atomic E-state index is 0.159. The smallest absolute Gasteiger partial charge is 0.236 e. The summed E-state index contributed by atoms with van der Waals surface area (Å²) in [5.74, 6) is 1.47. The maximum Gasteiger partial charge on any atom is 0.236 e. The second-order valence-corrected chi connectivity index (χ2v) is 5.16. The summed E-state index contributed by atoms with van der Waals surface area (Å²) in [7, 11) is 1.90. The van der Waals surface area contributed by atoms with E-state index in [1.807, 2.05) is 16.8 Å². The zero-order valence-electron chi connectivity index (χ0n) is 12.3. The molecule has 1 amide bonds. The lowest BCUT2D eigenvalue weighted by atomic mass is 10.3. The van der Waals surface area contributed by atoms with Crippen molar-refractivity contribution in [2.24, 2.45) is 0 Å². The van der Waals surface area contributed by atoms with Gasteiger partial charge in [-0.05, 0) is 13.5 Å². The first-order valence-corrected chi connectivity index (χ1v) is 7.17. The van der Waals surface area contributed by atoms with Crippen LogP contribution in [0, 0.1) is 0 Å². The van der Waals surface area contributed by atoms with Crippen molar-refractivity contribution in [2.75, 3.05) is 39.8 Å². The molecule has 0 aliphatic carbocycles. The average molecular weight is 281 g/mol. The zero-order chi connectivity index (χ0) is 14.4. The van der Waals surface area contributed by atoms with Crippen molar-refractivity contribution < 1.29 is 9.32 Å². The molecule has 1 aromatic rings. The van der Waals surface area contributed by atoms with Gasteiger partial charge < -0.3 is 14.7 Å². The van der Waals surface area contributed by atoms with E-state index in [1.165, 1.54) is 0 Å². The first kappa shape index (κ1) is 14.9. The lowest BCUT2D eigenvalue weighted by molar-refractivity contribution is -0.132. The second-order valence-electron chi connectivity index (χ2n) is 5.16. The molecule has 0 spiro atoms. The van der Waals surface area contributed by atoms with E-state index in [9.17, 15) is 4.79 Å². The normalized spacial score (nSPS) is 15.8. The molecule has 1 fully saturated rings. The van der Waals surface area contributed by atoms with Crippen molar-refractivity contribution in [3.8, 4) is 0 Å². The molecule has 7 nitrogen and oxygen atoms in total. The summed E-state index contributed by atoms with van der Waals surface area (Å²) in [5, 5.41) is 7.17. The van der Waals surface area contributed by atoms with Crippen LogP contribution in [-0.4, -0.2) is 65.6 Å². The highest BCUT2D eigenvalue weighted by molar-refractivity contribution is 5.78. The summed E-state index contributed by atoms with van der Waals surface area (Å²) in [4.78, 5) is 20.2. The Hall–Kier alpha value is -1.47. The minimum absolute atomic E-state index is 0.159. The van der Waals surface area contributed by atoms with Gasteiger partial charge in [-0.15, -0.1) is 0 Å². The molecule has 20 heavy (non-hydrogen) atoms. The molecule has 0 aromatic carbocycles. The van der Waals surface area contributed by atoms with E-state index in [-0.39, 0.29) is 5.91 Å². The quantitative estimate of drug-likeness (QED) is 0.784. The summed E-state index contributed by atoms with van der Waals surface area (Å²) in [5.41, 5.74) is 0. The van der Waals surface area contributed by atoms with Gasteiger partial charge in [-0.1, -0.05) is 12.1 Å². The van der Waals surface area contributed by atoms with E-state index in [1.54, 1.807) is 0 Å². The third-order valence-corrected chi connectivity index (χ3v) is 3.26. The van der Waals surface area contributed by atoms with Crippen LogP contribution in [0.4, 0.5) is 0 Å². The van der Waals surface area contributed by atoms with Gasteiger partial charge in [-0.25, -0.2) is 0 Å². The molecule has 1 saturated heterocycles. The fraction of sp³-hybridized carbons (Fsp3) is 0.769. The summed E-state index contributed by atoms with van der Waals surface area (Å²) in [6.45, 7) is 6.32. The van der Waals surface area contributed by atoms with Crippen LogP contribution >= 0.6 is 0 Å². The van der Waals surface area contributed by atoms with Crippen LogP contribution in [0.25, 0.3) is 0 Å².